The van der Waals surface area contributed by atoms with E-state index in [9.17, 15) is 15.3 Å². The van der Waals surface area contributed by atoms with Crippen molar-refractivity contribution >= 4 is 22.4 Å². The van der Waals surface area contributed by atoms with Gasteiger partial charge in [0.25, 0.3) is 11.5 Å². The number of hydrogen-bond donors (Lipinski definition) is 1. The lowest BCUT2D eigenvalue weighted by molar-refractivity contribution is -0.591. The zero-order valence-electron chi connectivity index (χ0n) is 14.4. The van der Waals surface area contributed by atoms with Crippen molar-refractivity contribution < 1.29 is 19.1 Å². The average Bonchev–Trinajstić information content (AvgIpc) is 2.68. The summed E-state index contributed by atoms with van der Waals surface area (Å²) in [7, 11) is 0. The van der Waals surface area contributed by atoms with Gasteiger partial charge in [-0.1, -0.05) is 6.07 Å². The molecule has 0 spiro atoms. The summed E-state index contributed by atoms with van der Waals surface area (Å²) in [4.78, 5) is 14.4. The van der Waals surface area contributed by atoms with Gasteiger partial charge < -0.3 is 14.7 Å². The molecule has 0 radical (unpaired) electrons. The first kappa shape index (κ1) is 18.3. The number of aromatic nitrogens is 2. The molecule has 1 N–H and O–H groups in total. The van der Waals surface area contributed by atoms with Crippen LogP contribution >= 0.6 is 0 Å². The van der Waals surface area contributed by atoms with Gasteiger partial charge in [-0.25, -0.2) is 4.73 Å². The van der Waals surface area contributed by atoms with Crippen LogP contribution in [0.25, 0.3) is 10.9 Å². The lowest BCUT2D eigenvalue weighted by Gasteiger charge is -2.09. The molecule has 0 bridgehead atoms. The molecule has 0 saturated carbocycles. The first-order chi connectivity index (χ1) is 13.1. The molecule has 0 aliphatic rings. The van der Waals surface area contributed by atoms with Crippen molar-refractivity contribution in [2.24, 2.45) is 0 Å². The third-order valence-electron chi connectivity index (χ3n) is 3.74. The number of rotatable bonds is 9. The van der Waals surface area contributed by atoms with Crippen LogP contribution in [0, 0.1) is 15.3 Å². The first-order valence-corrected chi connectivity index (χ1v) is 8.30. The molecular formula is C18H18N4O5. The first-order valence-electron chi connectivity index (χ1n) is 8.30. The Kier molecular flexibility index (Phi) is 5.95. The molecule has 0 aliphatic carbocycles. The lowest BCUT2D eigenvalue weighted by atomic mass is 10.2. The van der Waals surface area contributed by atoms with Crippen molar-refractivity contribution in [2.75, 3.05) is 31.7 Å². The van der Waals surface area contributed by atoms with E-state index in [0.717, 1.165) is 28.9 Å². The van der Waals surface area contributed by atoms with Crippen molar-refractivity contribution in [3.8, 4) is 5.75 Å². The third kappa shape index (κ3) is 5.02. The average molecular weight is 370 g/mol. The zero-order valence-corrected chi connectivity index (χ0v) is 14.4. The summed E-state index contributed by atoms with van der Waals surface area (Å²) in [5, 5.41) is 26.1. The van der Waals surface area contributed by atoms with Crippen molar-refractivity contribution in [3.05, 3.63) is 70.2 Å². The molecule has 0 aliphatic heterocycles. The standard InChI is InChI=1S/C18H18N4O5/c23-21-8-5-15(22(24)25)13-18(21)20-7-9-26-10-11-27-16-3-4-17-14(12-16)2-1-6-19-17/h1-6,8,12-13,20H,7,9-11H2. The van der Waals surface area contributed by atoms with Gasteiger partial charge in [0.1, 0.15) is 31.2 Å². The number of ether oxygens (including phenoxy) is 2. The Labute approximate surface area is 154 Å². The highest BCUT2D eigenvalue weighted by Crippen LogP contribution is 2.18. The quantitative estimate of drug-likeness (QED) is 0.202. The predicted octanol–water partition coefficient (Wildman–Crippen LogP) is 2.28. The molecule has 0 amide bonds. The number of pyridine rings is 2. The molecular weight excluding hydrogens is 352 g/mol. The highest BCUT2D eigenvalue weighted by atomic mass is 16.6. The van der Waals surface area contributed by atoms with Crippen LogP contribution in [-0.2, 0) is 4.74 Å². The van der Waals surface area contributed by atoms with E-state index in [1.807, 2.05) is 30.3 Å². The SMILES string of the molecule is O=[N+]([O-])c1cc[n+]([O-])c(NCCOCCOc2ccc3ncccc3c2)c1. The number of fused-ring (bicyclic) bond motifs is 1. The van der Waals surface area contributed by atoms with E-state index in [2.05, 4.69) is 10.3 Å². The number of nitrogens with zero attached hydrogens (tertiary/aromatic N) is 3. The Balaban J connectivity index is 1.37. The molecule has 0 fully saturated rings. The molecule has 1 aromatic carbocycles. The predicted molar refractivity (Wildman–Crippen MR) is 98.6 cm³/mol. The normalized spacial score (nSPS) is 10.7. The van der Waals surface area contributed by atoms with Crippen LogP contribution in [0.5, 0.6) is 5.75 Å². The van der Waals surface area contributed by atoms with Crippen LogP contribution in [-0.4, -0.2) is 36.3 Å². The van der Waals surface area contributed by atoms with Crippen molar-refractivity contribution in [2.45, 2.75) is 0 Å². The van der Waals surface area contributed by atoms with Gasteiger partial charge >= 0.3 is 0 Å². The van der Waals surface area contributed by atoms with E-state index in [0.29, 0.717) is 31.1 Å². The Hall–Kier alpha value is -3.46. The van der Waals surface area contributed by atoms with E-state index < -0.39 is 4.92 Å². The van der Waals surface area contributed by atoms with E-state index in [1.54, 1.807) is 6.20 Å². The summed E-state index contributed by atoms with van der Waals surface area (Å²) in [5.74, 6) is 0.843. The molecule has 2 heterocycles. The topological polar surface area (TPSA) is 113 Å². The van der Waals surface area contributed by atoms with E-state index in [-0.39, 0.29) is 11.5 Å². The highest BCUT2D eigenvalue weighted by molar-refractivity contribution is 5.79. The molecule has 2 aromatic heterocycles. The summed E-state index contributed by atoms with van der Waals surface area (Å²) in [6.45, 7) is 1.42. The van der Waals surface area contributed by atoms with Crippen LogP contribution in [0.3, 0.4) is 0 Å². The smallest absolute Gasteiger partial charge is 0.284 e. The second kappa shape index (κ2) is 8.77. The molecule has 0 saturated heterocycles. The minimum Gasteiger partial charge on any atom is -0.711 e. The van der Waals surface area contributed by atoms with Crippen LogP contribution in [0.2, 0.25) is 0 Å². The molecule has 9 heteroatoms. The fraction of sp³-hybridized carbons (Fsp3) is 0.222. The molecule has 27 heavy (non-hydrogen) atoms. The fourth-order valence-corrected chi connectivity index (χ4v) is 2.43. The lowest BCUT2D eigenvalue weighted by Crippen LogP contribution is -2.31. The number of nitro groups is 1. The summed E-state index contributed by atoms with van der Waals surface area (Å²) in [5.41, 5.74) is 0.758. The summed E-state index contributed by atoms with van der Waals surface area (Å²) >= 11 is 0. The van der Waals surface area contributed by atoms with E-state index >= 15 is 0 Å². The maximum absolute atomic E-state index is 11.6. The van der Waals surface area contributed by atoms with E-state index in [1.165, 1.54) is 6.07 Å². The van der Waals surface area contributed by atoms with Gasteiger partial charge in [0.2, 0.25) is 0 Å². The summed E-state index contributed by atoms with van der Waals surface area (Å²) < 4.78 is 11.6. The van der Waals surface area contributed by atoms with Crippen molar-refractivity contribution in [1.29, 1.82) is 0 Å². The maximum Gasteiger partial charge on any atom is 0.284 e. The Morgan fingerprint density at radius 1 is 1.15 bits per heavy atom. The van der Waals surface area contributed by atoms with Gasteiger partial charge in [-0.15, -0.1) is 0 Å². The Morgan fingerprint density at radius 3 is 2.89 bits per heavy atom. The molecule has 3 aromatic rings. The largest absolute Gasteiger partial charge is 0.711 e. The second-order valence-electron chi connectivity index (χ2n) is 5.60. The summed E-state index contributed by atoms with van der Waals surface area (Å²) in [6.07, 6.45) is 2.83. The zero-order chi connectivity index (χ0) is 19.1. The van der Waals surface area contributed by atoms with Gasteiger partial charge in [-0.2, -0.15) is 0 Å². The number of anilines is 1. The van der Waals surface area contributed by atoms with Gasteiger partial charge in [0.15, 0.2) is 0 Å². The van der Waals surface area contributed by atoms with Gasteiger partial charge in [0.05, 0.1) is 29.7 Å². The minimum atomic E-state index is -0.554. The number of hydrogen-bond acceptors (Lipinski definition) is 7. The van der Waals surface area contributed by atoms with Crippen LogP contribution in [0.1, 0.15) is 0 Å². The monoisotopic (exact) mass is 370 g/mol. The van der Waals surface area contributed by atoms with E-state index in [4.69, 9.17) is 9.47 Å². The Bertz CT molecular complexity index is 935. The van der Waals surface area contributed by atoms with Gasteiger partial charge in [-0.3, -0.25) is 20.4 Å². The third-order valence-corrected chi connectivity index (χ3v) is 3.74. The number of nitrogens with one attached hydrogen (secondary N) is 1. The van der Waals surface area contributed by atoms with Crippen molar-refractivity contribution in [3.63, 3.8) is 0 Å². The summed E-state index contributed by atoms with van der Waals surface area (Å²) in [6, 6.07) is 11.8. The van der Waals surface area contributed by atoms with Crippen LogP contribution in [0.15, 0.2) is 54.9 Å². The Morgan fingerprint density at radius 2 is 2.04 bits per heavy atom. The van der Waals surface area contributed by atoms with Crippen LogP contribution < -0.4 is 14.8 Å². The van der Waals surface area contributed by atoms with Gasteiger partial charge in [-0.05, 0) is 24.3 Å². The molecule has 140 valence electrons. The van der Waals surface area contributed by atoms with Crippen molar-refractivity contribution in [1.82, 2.24) is 4.98 Å². The number of benzene rings is 1. The molecule has 9 nitrogen and oxygen atoms in total. The highest BCUT2D eigenvalue weighted by Gasteiger charge is 2.12. The fourth-order valence-electron chi connectivity index (χ4n) is 2.43. The maximum atomic E-state index is 11.6. The molecule has 3 rings (SSSR count). The molecule has 0 atom stereocenters. The minimum absolute atomic E-state index is 0.105. The second-order valence-corrected chi connectivity index (χ2v) is 5.60. The van der Waals surface area contributed by atoms with Gasteiger partial charge in [0, 0.05) is 11.6 Å². The van der Waals surface area contributed by atoms with Crippen LogP contribution in [0.4, 0.5) is 11.5 Å². The molecule has 0 unspecified atom stereocenters.